The molecular weight excluding hydrogens is 298 g/mol. The van der Waals surface area contributed by atoms with Gasteiger partial charge in [0.2, 0.25) is 5.91 Å². The summed E-state index contributed by atoms with van der Waals surface area (Å²) in [7, 11) is 0. The van der Waals surface area contributed by atoms with Gasteiger partial charge in [-0.1, -0.05) is 6.92 Å². The molecule has 0 spiro atoms. The van der Waals surface area contributed by atoms with Crippen molar-refractivity contribution in [3.63, 3.8) is 0 Å². The summed E-state index contributed by atoms with van der Waals surface area (Å²) < 4.78 is 0.498. The van der Waals surface area contributed by atoms with Gasteiger partial charge in [-0.05, 0) is 34.5 Å². The Morgan fingerprint density at radius 1 is 1.33 bits per heavy atom. The maximum Gasteiger partial charge on any atom is 0.254 e. The smallest absolute Gasteiger partial charge is 0.254 e. The molecule has 0 radical (unpaired) electrons. The molecule has 0 unspecified atom stereocenters. The van der Waals surface area contributed by atoms with Crippen LogP contribution in [0.15, 0.2) is 22.9 Å². The Morgan fingerprint density at radius 2 is 2.11 bits per heavy atom. The van der Waals surface area contributed by atoms with Crippen LogP contribution in [0.25, 0.3) is 0 Å². The van der Waals surface area contributed by atoms with Crippen LogP contribution in [-0.2, 0) is 4.79 Å². The van der Waals surface area contributed by atoms with E-state index in [1.165, 1.54) is 0 Å². The molecule has 0 aliphatic carbocycles. The Kier molecular flexibility index (Phi) is 6.35. The Morgan fingerprint density at radius 3 is 2.78 bits per heavy atom. The summed E-state index contributed by atoms with van der Waals surface area (Å²) in [5.74, 6) is -0.291. The fourth-order valence-corrected chi connectivity index (χ4v) is 1.72. The number of hydrogen-bond donors (Lipinski definition) is 2. The first kappa shape index (κ1) is 14.6. The number of rotatable bonds is 6. The molecule has 1 heterocycles. The summed E-state index contributed by atoms with van der Waals surface area (Å²) in [6.07, 6.45) is 2.78. The van der Waals surface area contributed by atoms with E-state index in [2.05, 4.69) is 31.5 Å². The Hall–Kier alpha value is -1.43. The van der Waals surface area contributed by atoms with Gasteiger partial charge >= 0.3 is 0 Å². The van der Waals surface area contributed by atoms with Crippen molar-refractivity contribution in [1.82, 2.24) is 15.6 Å². The lowest BCUT2D eigenvalue weighted by molar-refractivity contribution is -0.120. The summed E-state index contributed by atoms with van der Waals surface area (Å²) in [6, 6.07) is 3.36. The minimum absolute atomic E-state index is 0.0533. The molecule has 1 aromatic rings. The monoisotopic (exact) mass is 313 g/mol. The second-order valence-electron chi connectivity index (χ2n) is 3.70. The third-order valence-corrected chi connectivity index (χ3v) is 2.85. The van der Waals surface area contributed by atoms with E-state index in [0.29, 0.717) is 23.3 Å². The van der Waals surface area contributed by atoms with E-state index in [1.54, 1.807) is 18.3 Å². The van der Waals surface area contributed by atoms with E-state index in [9.17, 15) is 9.59 Å². The van der Waals surface area contributed by atoms with Crippen LogP contribution in [0, 0.1) is 0 Å². The van der Waals surface area contributed by atoms with Gasteiger partial charge in [0, 0.05) is 25.7 Å². The first-order chi connectivity index (χ1) is 8.65. The van der Waals surface area contributed by atoms with E-state index in [-0.39, 0.29) is 18.2 Å². The molecule has 98 valence electrons. The highest BCUT2D eigenvalue weighted by Gasteiger charge is 2.10. The lowest BCUT2D eigenvalue weighted by Crippen LogP contribution is -2.31. The number of hydrogen-bond acceptors (Lipinski definition) is 3. The molecule has 2 amide bonds. The van der Waals surface area contributed by atoms with Gasteiger partial charge in [-0.3, -0.25) is 9.59 Å². The molecule has 0 saturated heterocycles. The van der Waals surface area contributed by atoms with Crippen molar-refractivity contribution in [2.24, 2.45) is 0 Å². The maximum absolute atomic E-state index is 11.7. The van der Waals surface area contributed by atoms with Crippen molar-refractivity contribution in [2.45, 2.75) is 19.8 Å². The molecule has 0 bridgehead atoms. The highest BCUT2D eigenvalue weighted by atomic mass is 79.9. The molecule has 0 aliphatic heterocycles. The Bertz CT molecular complexity index is 424. The maximum atomic E-state index is 11.7. The number of pyridine rings is 1. The van der Waals surface area contributed by atoms with Crippen molar-refractivity contribution < 1.29 is 9.59 Å². The summed E-state index contributed by atoms with van der Waals surface area (Å²) in [5.41, 5.74) is 0.464. The zero-order valence-corrected chi connectivity index (χ0v) is 11.8. The van der Waals surface area contributed by atoms with Gasteiger partial charge < -0.3 is 10.6 Å². The van der Waals surface area contributed by atoms with Gasteiger partial charge in [0.25, 0.3) is 5.91 Å². The molecular formula is C12H16BrN3O2. The summed E-state index contributed by atoms with van der Waals surface area (Å²) in [4.78, 5) is 27.0. The van der Waals surface area contributed by atoms with Gasteiger partial charge in [-0.25, -0.2) is 4.98 Å². The van der Waals surface area contributed by atoms with Gasteiger partial charge in [-0.2, -0.15) is 0 Å². The fourth-order valence-electron chi connectivity index (χ4n) is 1.29. The van der Waals surface area contributed by atoms with Gasteiger partial charge in [-0.15, -0.1) is 0 Å². The van der Waals surface area contributed by atoms with Gasteiger partial charge in [0.15, 0.2) is 0 Å². The molecule has 1 rings (SSSR count). The topological polar surface area (TPSA) is 71.1 Å². The molecule has 18 heavy (non-hydrogen) atoms. The Balaban J connectivity index is 2.34. The molecule has 5 nitrogen and oxygen atoms in total. The average Bonchev–Trinajstić information content (AvgIpc) is 2.36. The number of nitrogens with one attached hydrogen (secondary N) is 2. The quantitative estimate of drug-likeness (QED) is 0.782. The van der Waals surface area contributed by atoms with E-state index in [4.69, 9.17) is 0 Å². The molecule has 0 aliphatic rings. The molecule has 0 fully saturated rings. The van der Waals surface area contributed by atoms with Crippen molar-refractivity contribution in [3.05, 3.63) is 28.5 Å². The SMILES string of the molecule is CCCNC(=O)CCNC(=O)c1cccnc1Br. The predicted octanol–water partition coefficient (Wildman–Crippen LogP) is 1.49. The first-order valence-electron chi connectivity index (χ1n) is 5.80. The summed E-state index contributed by atoms with van der Waals surface area (Å²) in [6.45, 7) is 2.97. The normalized spacial score (nSPS) is 9.89. The zero-order chi connectivity index (χ0) is 13.4. The van der Waals surface area contributed by atoms with Crippen molar-refractivity contribution in [1.29, 1.82) is 0 Å². The third kappa shape index (κ3) is 4.83. The van der Waals surface area contributed by atoms with E-state index >= 15 is 0 Å². The molecule has 0 atom stereocenters. The van der Waals surface area contributed by atoms with Crippen molar-refractivity contribution in [3.8, 4) is 0 Å². The second kappa shape index (κ2) is 7.81. The lowest BCUT2D eigenvalue weighted by Gasteiger charge is -2.06. The van der Waals surface area contributed by atoms with Crippen molar-refractivity contribution >= 4 is 27.7 Å². The van der Waals surface area contributed by atoms with Crippen LogP contribution < -0.4 is 10.6 Å². The molecule has 0 saturated carbocycles. The van der Waals surface area contributed by atoms with Crippen LogP contribution in [-0.4, -0.2) is 29.9 Å². The molecule has 0 aromatic carbocycles. The predicted molar refractivity (Wildman–Crippen MR) is 72.2 cm³/mol. The largest absolute Gasteiger partial charge is 0.356 e. The van der Waals surface area contributed by atoms with Crippen LogP contribution >= 0.6 is 15.9 Å². The summed E-state index contributed by atoms with van der Waals surface area (Å²) >= 11 is 3.20. The number of carbonyl (C=O) groups excluding carboxylic acids is 2. The number of carbonyl (C=O) groups is 2. The van der Waals surface area contributed by atoms with E-state index in [1.807, 2.05) is 6.92 Å². The number of aromatic nitrogens is 1. The third-order valence-electron chi connectivity index (χ3n) is 2.21. The minimum Gasteiger partial charge on any atom is -0.356 e. The standard InChI is InChI=1S/C12H16BrN3O2/c1-2-6-14-10(17)5-8-16-12(18)9-4-3-7-15-11(9)13/h3-4,7H,2,5-6,8H2,1H3,(H,14,17)(H,16,18). The number of nitrogens with zero attached hydrogens (tertiary/aromatic N) is 1. The highest BCUT2D eigenvalue weighted by molar-refractivity contribution is 9.10. The minimum atomic E-state index is -0.238. The van der Waals surface area contributed by atoms with Crippen LogP contribution in [0.2, 0.25) is 0 Å². The van der Waals surface area contributed by atoms with Crippen LogP contribution in [0.5, 0.6) is 0 Å². The van der Waals surface area contributed by atoms with E-state index < -0.39 is 0 Å². The van der Waals surface area contributed by atoms with Gasteiger partial charge in [0.1, 0.15) is 4.60 Å². The van der Waals surface area contributed by atoms with Crippen LogP contribution in [0.4, 0.5) is 0 Å². The summed E-state index contributed by atoms with van der Waals surface area (Å²) in [5, 5.41) is 5.42. The lowest BCUT2D eigenvalue weighted by atomic mass is 10.2. The molecule has 1 aromatic heterocycles. The van der Waals surface area contributed by atoms with Crippen molar-refractivity contribution in [2.75, 3.05) is 13.1 Å². The Labute approximate surface area is 114 Å². The van der Waals surface area contributed by atoms with Gasteiger partial charge in [0.05, 0.1) is 5.56 Å². The van der Waals surface area contributed by atoms with E-state index in [0.717, 1.165) is 6.42 Å². The highest BCUT2D eigenvalue weighted by Crippen LogP contribution is 2.11. The average molecular weight is 314 g/mol. The first-order valence-corrected chi connectivity index (χ1v) is 6.60. The fraction of sp³-hybridized carbons (Fsp3) is 0.417. The van der Waals surface area contributed by atoms with Crippen LogP contribution in [0.3, 0.4) is 0 Å². The molecule has 6 heteroatoms. The second-order valence-corrected chi connectivity index (χ2v) is 4.45. The number of amides is 2. The zero-order valence-electron chi connectivity index (χ0n) is 10.2. The molecule has 2 N–H and O–H groups in total. The number of halogens is 1. The van der Waals surface area contributed by atoms with Crippen LogP contribution in [0.1, 0.15) is 30.1 Å².